The summed E-state index contributed by atoms with van der Waals surface area (Å²) in [6, 6.07) is 22.1. The van der Waals surface area contributed by atoms with Gasteiger partial charge in [-0.25, -0.2) is 0 Å². The third-order valence-corrected chi connectivity index (χ3v) is 3.46. The van der Waals surface area contributed by atoms with E-state index in [-0.39, 0.29) is 21.1 Å². The summed E-state index contributed by atoms with van der Waals surface area (Å²) in [4.78, 5) is 0. The monoisotopic (exact) mass is 526 g/mol. The maximum atomic E-state index is 8.63. The predicted octanol–water partition coefficient (Wildman–Crippen LogP) is 3.37. The largest absolute Gasteiger partial charge is 0.508 e. The fourth-order valence-electron chi connectivity index (χ4n) is 2.32. The molecule has 0 saturated carbocycles. The molecule has 2 aromatic carbocycles. The first-order valence-corrected chi connectivity index (χ1v) is 7.98. The standard InChI is InChI=1S/C14H13N4.C6H6O.Pt/c1-4-13(11-17-8-2-6-15-17)10-14(5-1)12-18-9-3-7-16-18;7-6-4-2-1-3-5-6;/h1-9H,11-12H2;1-5,7H;/q-1;;. The first-order valence-electron chi connectivity index (χ1n) is 7.98. The number of hydrogen-bond acceptors (Lipinski definition) is 3. The minimum absolute atomic E-state index is 0. The zero-order chi connectivity index (χ0) is 17.3. The van der Waals surface area contributed by atoms with Gasteiger partial charge in [0.1, 0.15) is 5.75 Å². The van der Waals surface area contributed by atoms with Crippen LogP contribution in [-0.2, 0) is 34.2 Å². The minimum atomic E-state index is 0. The van der Waals surface area contributed by atoms with Crippen LogP contribution in [0.25, 0.3) is 0 Å². The molecule has 136 valence electrons. The fourth-order valence-corrected chi connectivity index (χ4v) is 2.32. The number of rotatable bonds is 4. The van der Waals surface area contributed by atoms with Gasteiger partial charge in [0.25, 0.3) is 0 Å². The van der Waals surface area contributed by atoms with Gasteiger partial charge in [0.15, 0.2) is 0 Å². The summed E-state index contributed by atoms with van der Waals surface area (Å²) >= 11 is 0. The zero-order valence-electron chi connectivity index (χ0n) is 14.0. The summed E-state index contributed by atoms with van der Waals surface area (Å²) in [7, 11) is 0. The Balaban J connectivity index is 0.000000258. The Morgan fingerprint density at radius 1 is 0.731 bits per heavy atom. The van der Waals surface area contributed by atoms with Gasteiger partial charge in [0, 0.05) is 58.9 Å². The van der Waals surface area contributed by atoms with Crippen LogP contribution in [-0.4, -0.2) is 24.7 Å². The van der Waals surface area contributed by atoms with Crippen LogP contribution < -0.4 is 0 Å². The fraction of sp³-hybridized carbons (Fsp3) is 0.100. The summed E-state index contributed by atoms with van der Waals surface area (Å²) in [5, 5.41) is 17.0. The van der Waals surface area contributed by atoms with Gasteiger partial charge in [0.2, 0.25) is 0 Å². The SMILES string of the molecule is Oc1ccccc1.[Pt].[c-]1c(Cn2cccn2)cccc1Cn1cccn1. The minimum Gasteiger partial charge on any atom is -0.508 e. The second-order valence-corrected chi connectivity index (χ2v) is 5.44. The van der Waals surface area contributed by atoms with Gasteiger partial charge in [-0.1, -0.05) is 18.2 Å². The molecule has 0 amide bonds. The number of para-hydroxylation sites is 1. The number of aromatic hydroxyl groups is 1. The summed E-state index contributed by atoms with van der Waals surface area (Å²) < 4.78 is 3.78. The van der Waals surface area contributed by atoms with Crippen LogP contribution in [0.2, 0.25) is 0 Å². The maximum Gasteiger partial charge on any atom is 0.115 e. The molecule has 0 fully saturated rings. The molecular weight excluding hydrogens is 507 g/mol. The van der Waals surface area contributed by atoms with Crippen molar-refractivity contribution >= 4 is 0 Å². The van der Waals surface area contributed by atoms with E-state index in [1.807, 2.05) is 46.0 Å². The molecule has 0 unspecified atom stereocenters. The third-order valence-electron chi connectivity index (χ3n) is 3.46. The Morgan fingerprint density at radius 3 is 1.65 bits per heavy atom. The van der Waals surface area contributed by atoms with Crippen LogP contribution in [0, 0.1) is 6.07 Å². The summed E-state index contributed by atoms with van der Waals surface area (Å²) in [6.07, 6.45) is 7.48. The Hall–Kier alpha value is -2.65. The van der Waals surface area contributed by atoms with E-state index >= 15 is 0 Å². The number of hydrogen-bond donors (Lipinski definition) is 1. The quantitative estimate of drug-likeness (QED) is 0.415. The summed E-state index contributed by atoms with van der Waals surface area (Å²) in [5.41, 5.74) is 2.26. The smallest absolute Gasteiger partial charge is 0.115 e. The number of phenolic OH excluding ortho intramolecular Hbond substituents is 1. The van der Waals surface area contributed by atoms with Gasteiger partial charge in [-0.3, -0.25) is 9.36 Å². The Kier molecular flexibility index (Phi) is 7.84. The molecule has 0 aliphatic heterocycles. The van der Waals surface area contributed by atoms with Gasteiger partial charge in [-0.15, -0.1) is 11.1 Å². The second-order valence-electron chi connectivity index (χ2n) is 5.44. The number of nitrogens with zero attached hydrogens (tertiary/aromatic N) is 4. The van der Waals surface area contributed by atoms with Crippen LogP contribution >= 0.6 is 0 Å². The number of phenols is 1. The van der Waals surface area contributed by atoms with Crippen molar-refractivity contribution in [1.29, 1.82) is 0 Å². The van der Waals surface area contributed by atoms with Crippen molar-refractivity contribution in [2.75, 3.05) is 0 Å². The predicted molar refractivity (Wildman–Crippen MR) is 96.0 cm³/mol. The normalized spacial score (nSPS) is 9.69. The molecule has 2 heterocycles. The van der Waals surface area contributed by atoms with Crippen molar-refractivity contribution in [1.82, 2.24) is 19.6 Å². The molecular formula is C20H19N4OPt-. The van der Waals surface area contributed by atoms with Crippen LogP contribution in [0.1, 0.15) is 11.1 Å². The average molecular weight is 526 g/mol. The molecule has 4 aromatic rings. The third kappa shape index (κ3) is 6.34. The molecule has 0 aliphatic rings. The first kappa shape index (κ1) is 19.7. The number of aromatic nitrogens is 4. The molecule has 0 bridgehead atoms. The van der Waals surface area contributed by atoms with E-state index in [2.05, 4.69) is 28.4 Å². The van der Waals surface area contributed by atoms with E-state index in [1.54, 1.807) is 36.7 Å². The van der Waals surface area contributed by atoms with E-state index < -0.39 is 0 Å². The Morgan fingerprint density at radius 2 is 1.27 bits per heavy atom. The van der Waals surface area contributed by atoms with E-state index in [9.17, 15) is 0 Å². The van der Waals surface area contributed by atoms with Crippen molar-refractivity contribution in [3.05, 3.63) is 103 Å². The van der Waals surface area contributed by atoms with E-state index in [0.29, 0.717) is 5.75 Å². The van der Waals surface area contributed by atoms with Gasteiger partial charge < -0.3 is 5.11 Å². The van der Waals surface area contributed by atoms with Crippen LogP contribution in [0.5, 0.6) is 5.75 Å². The maximum absolute atomic E-state index is 8.63. The zero-order valence-corrected chi connectivity index (χ0v) is 16.3. The van der Waals surface area contributed by atoms with Gasteiger partial charge in [-0.05, 0) is 24.3 Å². The van der Waals surface area contributed by atoms with Crippen molar-refractivity contribution < 1.29 is 26.2 Å². The van der Waals surface area contributed by atoms with Gasteiger partial charge in [-0.2, -0.15) is 34.5 Å². The molecule has 2 aromatic heterocycles. The average Bonchev–Trinajstić information content (AvgIpc) is 3.31. The topological polar surface area (TPSA) is 55.9 Å². The Bertz CT molecular complexity index is 810. The van der Waals surface area contributed by atoms with Gasteiger partial charge in [0.05, 0.1) is 0 Å². The van der Waals surface area contributed by atoms with E-state index in [4.69, 9.17) is 5.11 Å². The molecule has 0 atom stereocenters. The van der Waals surface area contributed by atoms with Crippen molar-refractivity contribution in [3.63, 3.8) is 0 Å². The summed E-state index contributed by atoms with van der Waals surface area (Å²) in [5.74, 6) is 0.322. The van der Waals surface area contributed by atoms with Crippen molar-refractivity contribution in [2.45, 2.75) is 13.1 Å². The van der Waals surface area contributed by atoms with E-state index in [1.165, 1.54) is 0 Å². The Labute approximate surface area is 167 Å². The number of benzene rings is 2. The summed E-state index contributed by atoms with van der Waals surface area (Å²) in [6.45, 7) is 1.50. The molecule has 6 heteroatoms. The van der Waals surface area contributed by atoms with Crippen molar-refractivity contribution in [3.8, 4) is 5.75 Å². The van der Waals surface area contributed by atoms with Crippen LogP contribution in [0.3, 0.4) is 0 Å². The molecule has 0 saturated heterocycles. The van der Waals surface area contributed by atoms with Crippen LogP contribution in [0.15, 0.2) is 85.5 Å². The molecule has 0 radical (unpaired) electrons. The molecule has 4 rings (SSSR count). The first-order chi connectivity index (χ1) is 12.3. The molecule has 1 N–H and O–H groups in total. The second kappa shape index (κ2) is 10.4. The van der Waals surface area contributed by atoms with Crippen LogP contribution in [0.4, 0.5) is 0 Å². The van der Waals surface area contributed by atoms with Gasteiger partial charge >= 0.3 is 0 Å². The molecule has 26 heavy (non-hydrogen) atoms. The molecule has 5 nitrogen and oxygen atoms in total. The van der Waals surface area contributed by atoms with Crippen molar-refractivity contribution in [2.24, 2.45) is 0 Å². The van der Waals surface area contributed by atoms with E-state index in [0.717, 1.165) is 24.2 Å². The molecule has 0 aliphatic carbocycles. The molecule has 0 spiro atoms.